The number of non-ortho nitro benzene ring substituents is 1. The number of nitro benzene ring substituents is 1. The Morgan fingerprint density at radius 3 is 2.26 bits per heavy atom. The lowest BCUT2D eigenvalue weighted by atomic mass is 9.97. The summed E-state index contributed by atoms with van der Waals surface area (Å²) in [6.07, 6.45) is 0. The summed E-state index contributed by atoms with van der Waals surface area (Å²) in [7, 11) is 1.40. The highest BCUT2D eigenvalue weighted by molar-refractivity contribution is 5.96. The van der Waals surface area contributed by atoms with E-state index in [1.807, 2.05) is 61.5 Å². The van der Waals surface area contributed by atoms with Gasteiger partial charge in [-0.2, -0.15) is 0 Å². The van der Waals surface area contributed by atoms with Gasteiger partial charge in [-0.05, 0) is 31.0 Å². The van der Waals surface area contributed by atoms with Crippen LogP contribution >= 0.6 is 0 Å². The first kappa shape index (κ1) is 22.0. The highest BCUT2D eigenvalue weighted by Gasteiger charge is 2.22. The third kappa shape index (κ3) is 5.46. The molecule has 3 aromatic rings. The van der Waals surface area contributed by atoms with Crippen LogP contribution in [-0.4, -0.2) is 24.0 Å². The lowest BCUT2D eigenvalue weighted by Gasteiger charge is -2.24. The Morgan fingerprint density at radius 2 is 1.65 bits per heavy atom. The van der Waals surface area contributed by atoms with E-state index in [1.165, 1.54) is 25.3 Å². The topological polar surface area (TPSA) is 93.5 Å². The van der Waals surface area contributed by atoms with Gasteiger partial charge in [0, 0.05) is 6.07 Å². The van der Waals surface area contributed by atoms with E-state index in [-0.39, 0.29) is 23.4 Å². The molecule has 0 unspecified atom stereocenters. The second-order valence-corrected chi connectivity index (χ2v) is 7.27. The van der Waals surface area contributed by atoms with Crippen LogP contribution in [0, 0.1) is 17.0 Å². The standard InChI is InChI=1S/C24H25N3O4/c1-16-9-11-19(12-10-16)23(18-7-5-4-6-8-18)25-17(2)24(28)26-21-14-13-20(27(29)30)15-22(21)31-3/h4-15,17,23,25H,1-3H3,(H,26,28)/t17-,23-/m1/s1. The molecule has 3 aromatic carbocycles. The molecule has 2 N–H and O–H groups in total. The van der Waals surface area contributed by atoms with Gasteiger partial charge >= 0.3 is 0 Å². The Morgan fingerprint density at radius 1 is 1.00 bits per heavy atom. The van der Waals surface area contributed by atoms with Gasteiger partial charge in [-0.15, -0.1) is 0 Å². The molecule has 31 heavy (non-hydrogen) atoms. The second-order valence-electron chi connectivity index (χ2n) is 7.27. The third-order valence-corrected chi connectivity index (χ3v) is 5.01. The predicted molar refractivity (Wildman–Crippen MR) is 120 cm³/mol. The summed E-state index contributed by atoms with van der Waals surface area (Å²) in [4.78, 5) is 23.4. The van der Waals surface area contributed by atoms with Crippen LogP contribution in [0.25, 0.3) is 0 Å². The van der Waals surface area contributed by atoms with Crippen molar-refractivity contribution in [3.63, 3.8) is 0 Å². The number of hydrogen-bond donors (Lipinski definition) is 2. The summed E-state index contributed by atoms with van der Waals surface area (Å²) in [6, 6.07) is 21.4. The summed E-state index contributed by atoms with van der Waals surface area (Å²) in [6.45, 7) is 3.81. The minimum absolute atomic E-state index is 0.107. The van der Waals surface area contributed by atoms with Crippen molar-refractivity contribution < 1.29 is 14.5 Å². The maximum atomic E-state index is 12.9. The number of methoxy groups -OCH3 is 1. The average Bonchev–Trinajstić information content (AvgIpc) is 2.78. The van der Waals surface area contributed by atoms with Gasteiger partial charge in [-0.3, -0.25) is 20.2 Å². The van der Waals surface area contributed by atoms with Crippen LogP contribution in [0.3, 0.4) is 0 Å². The van der Waals surface area contributed by atoms with Crippen LogP contribution in [0.1, 0.15) is 29.7 Å². The van der Waals surface area contributed by atoms with Gasteiger partial charge in [0.05, 0.1) is 35.9 Å². The number of hydrogen-bond acceptors (Lipinski definition) is 5. The van der Waals surface area contributed by atoms with Crippen molar-refractivity contribution in [2.45, 2.75) is 25.9 Å². The molecule has 7 heteroatoms. The normalized spacial score (nSPS) is 12.6. The minimum atomic E-state index is -0.550. The largest absolute Gasteiger partial charge is 0.494 e. The second kappa shape index (κ2) is 9.86. The molecule has 0 aliphatic carbocycles. The molecule has 0 fully saturated rings. The predicted octanol–water partition coefficient (Wildman–Crippen LogP) is 4.62. The fourth-order valence-corrected chi connectivity index (χ4v) is 3.25. The Kier molecular flexibility index (Phi) is 6.99. The van der Waals surface area contributed by atoms with E-state index in [0.29, 0.717) is 5.69 Å². The van der Waals surface area contributed by atoms with Crippen molar-refractivity contribution in [3.05, 3.63) is 99.6 Å². The molecule has 0 bridgehead atoms. The molecule has 0 spiro atoms. The fourth-order valence-electron chi connectivity index (χ4n) is 3.25. The first-order valence-corrected chi connectivity index (χ1v) is 9.90. The van der Waals surface area contributed by atoms with Gasteiger partial charge in [0.1, 0.15) is 5.75 Å². The summed E-state index contributed by atoms with van der Waals surface area (Å²) in [5.74, 6) is -0.0481. The van der Waals surface area contributed by atoms with Gasteiger partial charge in [0.2, 0.25) is 5.91 Å². The van der Waals surface area contributed by atoms with Crippen LogP contribution in [0.15, 0.2) is 72.8 Å². The molecule has 2 atom stereocenters. The molecule has 0 aliphatic heterocycles. The molecular formula is C24H25N3O4. The SMILES string of the molecule is COc1cc([N+](=O)[O-])ccc1NC(=O)[C@@H](C)N[C@H](c1ccccc1)c1ccc(C)cc1. The maximum Gasteiger partial charge on any atom is 0.273 e. The van der Waals surface area contributed by atoms with Crippen LogP contribution in [0.2, 0.25) is 0 Å². The van der Waals surface area contributed by atoms with Crippen molar-refractivity contribution in [1.29, 1.82) is 0 Å². The van der Waals surface area contributed by atoms with Crippen molar-refractivity contribution in [1.82, 2.24) is 5.32 Å². The van der Waals surface area contributed by atoms with Crippen molar-refractivity contribution in [2.75, 3.05) is 12.4 Å². The summed E-state index contributed by atoms with van der Waals surface area (Å²) < 4.78 is 5.21. The molecule has 160 valence electrons. The molecule has 0 aliphatic rings. The van der Waals surface area contributed by atoms with Crippen LogP contribution in [0.4, 0.5) is 11.4 Å². The van der Waals surface area contributed by atoms with E-state index < -0.39 is 11.0 Å². The van der Waals surface area contributed by atoms with Crippen molar-refractivity contribution in [3.8, 4) is 5.75 Å². The molecule has 0 heterocycles. The lowest BCUT2D eigenvalue weighted by molar-refractivity contribution is -0.384. The number of nitrogens with one attached hydrogen (secondary N) is 2. The molecule has 7 nitrogen and oxygen atoms in total. The molecule has 1 amide bonds. The first-order chi connectivity index (χ1) is 14.9. The Bertz CT molecular complexity index is 1050. The smallest absolute Gasteiger partial charge is 0.273 e. The minimum Gasteiger partial charge on any atom is -0.494 e. The molecular weight excluding hydrogens is 394 g/mol. The number of carbonyl (C=O) groups is 1. The monoisotopic (exact) mass is 419 g/mol. The number of ether oxygens (including phenoxy) is 1. The van der Waals surface area contributed by atoms with E-state index in [4.69, 9.17) is 4.74 Å². The van der Waals surface area contributed by atoms with E-state index in [0.717, 1.165) is 16.7 Å². The van der Waals surface area contributed by atoms with Gasteiger partial charge in [0.15, 0.2) is 0 Å². The number of amides is 1. The lowest BCUT2D eigenvalue weighted by Crippen LogP contribution is -2.40. The molecule has 0 radical (unpaired) electrons. The van der Waals surface area contributed by atoms with Crippen LogP contribution in [-0.2, 0) is 4.79 Å². The zero-order valence-electron chi connectivity index (χ0n) is 17.7. The highest BCUT2D eigenvalue weighted by atomic mass is 16.6. The van der Waals surface area contributed by atoms with Gasteiger partial charge in [0.25, 0.3) is 5.69 Å². The summed E-state index contributed by atoms with van der Waals surface area (Å²) in [5.41, 5.74) is 3.51. The summed E-state index contributed by atoms with van der Waals surface area (Å²) in [5, 5.41) is 17.2. The number of rotatable bonds is 8. The Hall–Kier alpha value is -3.71. The maximum absolute atomic E-state index is 12.9. The van der Waals surface area contributed by atoms with E-state index in [1.54, 1.807) is 6.92 Å². The quantitative estimate of drug-likeness (QED) is 0.411. The van der Waals surface area contributed by atoms with Gasteiger partial charge in [-0.1, -0.05) is 60.2 Å². The van der Waals surface area contributed by atoms with E-state index >= 15 is 0 Å². The van der Waals surface area contributed by atoms with Gasteiger partial charge < -0.3 is 10.1 Å². The average molecular weight is 419 g/mol. The number of nitrogens with zero attached hydrogens (tertiary/aromatic N) is 1. The molecule has 0 saturated carbocycles. The Labute approximate surface area is 181 Å². The molecule has 0 saturated heterocycles. The number of benzene rings is 3. The molecule has 0 aromatic heterocycles. The van der Waals surface area contributed by atoms with Crippen molar-refractivity contribution in [2.24, 2.45) is 0 Å². The molecule has 3 rings (SSSR count). The fraction of sp³-hybridized carbons (Fsp3) is 0.208. The number of carbonyl (C=O) groups excluding carboxylic acids is 1. The van der Waals surface area contributed by atoms with Crippen LogP contribution < -0.4 is 15.4 Å². The summed E-state index contributed by atoms with van der Waals surface area (Å²) >= 11 is 0. The highest BCUT2D eigenvalue weighted by Crippen LogP contribution is 2.29. The van der Waals surface area contributed by atoms with Crippen LogP contribution in [0.5, 0.6) is 5.75 Å². The Balaban J connectivity index is 1.80. The zero-order valence-corrected chi connectivity index (χ0v) is 17.7. The third-order valence-electron chi connectivity index (χ3n) is 5.01. The number of anilines is 1. The van der Waals surface area contributed by atoms with Crippen molar-refractivity contribution >= 4 is 17.3 Å². The first-order valence-electron chi connectivity index (χ1n) is 9.90. The zero-order chi connectivity index (χ0) is 22.4. The van der Waals surface area contributed by atoms with E-state index in [9.17, 15) is 14.9 Å². The van der Waals surface area contributed by atoms with E-state index in [2.05, 4.69) is 10.6 Å². The number of nitro groups is 1. The number of aryl methyl sites for hydroxylation is 1. The van der Waals surface area contributed by atoms with Gasteiger partial charge in [-0.25, -0.2) is 0 Å².